The van der Waals surface area contributed by atoms with Crippen molar-refractivity contribution >= 4 is 5.91 Å². The Kier molecular flexibility index (Phi) is 56.6. The van der Waals surface area contributed by atoms with Crippen molar-refractivity contribution in [2.24, 2.45) is 0 Å². The van der Waals surface area contributed by atoms with E-state index in [1.54, 1.807) is 6.08 Å². The highest BCUT2D eigenvalue weighted by atomic mass is 16.7. The molecule has 528 valence electrons. The first-order chi connectivity index (χ1) is 44.1. The molecule has 12 atom stereocenters. The summed E-state index contributed by atoms with van der Waals surface area (Å²) in [4.78, 5) is 13.4. The lowest BCUT2D eigenvalue weighted by Gasteiger charge is -2.46. The first-order valence-electron chi connectivity index (χ1n) is 37.9. The zero-order valence-corrected chi connectivity index (χ0v) is 57.6. The molecule has 0 saturated carbocycles. The molecule has 0 aromatic rings. The van der Waals surface area contributed by atoms with Gasteiger partial charge in [0, 0.05) is 6.42 Å². The van der Waals surface area contributed by atoms with Crippen molar-refractivity contribution in [2.45, 2.75) is 408 Å². The number of aliphatic hydroxyl groups excluding tert-OH is 8. The second-order valence-corrected chi connectivity index (χ2v) is 26.8. The van der Waals surface area contributed by atoms with Crippen LogP contribution in [0, 0.1) is 0 Å². The molecule has 90 heavy (non-hydrogen) atoms. The minimum atomic E-state index is -1.79. The van der Waals surface area contributed by atoms with Gasteiger partial charge in [-0.15, -0.1) is 0 Å². The Balaban J connectivity index is 1.65. The van der Waals surface area contributed by atoms with Crippen molar-refractivity contribution in [1.82, 2.24) is 5.32 Å². The first-order valence-corrected chi connectivity index (χ1v) is 37.9. The van der Waals surface area contributed by atoms with Crippen molar-refractivity contribution in [2.75, 3.05) is 19.8 Å². The Morgan fingerprint density at radius 1 is 0.400 bits per heavy atom. The van der Waals surface area contributed by atoms with Gasteiger partial charge in [-0.05, 0) is 57.8 Å². The summed E-state index contributed by atoms with van der Waals surface area (Å²) in [5, 5.41) is 87.6. The fourth-order valence-corrected chi connectivity index (χ4v) is 12.5. The van der Waals surface area contributed by atoms with Crippen LogP contribution in [-0.4, -0.2) is 140 Å². The van der Waals surface area contributed by atoms with Crippen molar-refractivity contribution in [3.8, 4) is 0 Å². The van der Waals surface area contributed by atoms with E-state index in [4.69, 9.17) is 18.9 Å². The van der Waals surface area contributed by atoms with Crippen LogP contribution in [0.1, 0.15) is 335 Å². The average Bonchev–Trinajstić information content (AvgIpc) is 1.41. The lowest BCUT2D eigenvalue weighted by molar-refractivity contribution is -0.359. The molecule has 2 aliphatic heterocycles. The van der Waals surface area contributed by atoms with Crippen LogP contribution in [0.5, 0.6) is 0 Å². The second-order valence-electron chi connectivity index (χ2n) is 26.8. The molecule has 0 aliphatic carbocycles. The second kappa shape index (κ2) is 60.6. The zero-order valence-electron chi connectivity index (χ0n) is 57.6. The van der Waals surface area contributed by atoms with Crippen LogP contribution in [0.4, 0.5) is 0 Å². The van der Waals surface area contributed by atoms with Gasteiger partial charge in [-0.1, -0.05) is 319 Å². The van der Waals surface area contributed by atoms with Gasteiger partial charge < -0.3 is 65.1 Å². The van der Waals surface area contributed by atoms with E-state index in [2.05, 4.69) is 55.6 Å². The Labute approximate surface area is 550 Å². The summed E-state index contributed by atoms with van der Waals surface area (Å²) >= 11 is 0. The third kappa shape index (κ3) is 43.8. The van der Waals surface area contributed by atoms with Gasteiger partial charge in [0.25, 0.3) is 0 Å². The number of amides is 1. The number of carbonyl (C=O) groups excluding carboxylic acids is 1. The summed E-state index contributed by atoms with van der Waals surface area (Å²) < 4.78 is 22.9. The van der Waals surface area contributed by atoms with E-state index < -0.39 is 86.8 Å². The molecular weight excluding hydrogens is 1130 g/mol. The number of ether oxygens (including phenoxy) is 4. The summed E-state index contributed by atoms with van der Waals surface area (Å²) in [6.07, 6.45) is 63.2. The smallest absolute Gasteiger partial charge is 0.220 e. The molecule has 12 unspecified atom stereocenters. The van der Waals surface area contributed by atoms with Gasteiger partial charge in [0.05, 0.1) is 32.0 Å². The van der Waals surface area contributed by atoms with Crippen LogP contribution in [0.25, 0.3) is 0 Å². The Bertz CT molecular complexity index is 1690. The number of nitrogens with one attached hydrogen (secondary N) is 1. The number of hydrogen-bond acceptors (Lipinski definition) is 13. The predicted octanol–water partition coefficient (Wildman–Crippen LogP) is 16.2. The van der Waals surface area contributed by atoms with Gasteiger partial charge in [0.2, 0.25) is 5.91 Å². The lowest BCUT2D eigenvalue weighted by Crippen LogP contribution is -2.65. The molecule has 2 saturated heterocycles. The monoisotopic (exact) mass is 1280 g/mol. The van der Waals surface area contributed by atoms with Gasteiger partial charge in [0.1, 0.15) is 48.8 Å². The summed E-state index contributed by atoms with van der Waals surface area (Å²) in [5.41, 5.74) is 0. The highest BCUT2D eigenvalue weighted by Crippen LogP contribution is 2.30. The number of carbonyl (C=O) groups is 1. The van der Waals surface area contributed by atoms with Crippen molar-refractivity contribution in [3.05, 3.63) is 48.6 Å². The predicted molar refractivity (Wildman–Crippen MR) is 369 cm³/mol. The van der Waals surface area contributed by atoms with Crippen LogP contribution >= 0.6 is 0 Å². The third-order valence-electron chi connectivity index (χ3n) is 18.5. The largest absolute Gasteiger partial charge is 0.394 e. The van der Waals surface area contributed by atoms with E-state index in [1.807, 2.05) is 6.08 Å². The van der Waals surface area contributed by atoms with Gasteiger partial charge in [-0.3, -0.25) is 4.79 Å². The topological polar surface area (TPSA) is 228 Å². The standard InChI is InChI=1S/C76H141NO13/c1-3-5-7-9-11-13-15-17-19-21-23-25-27-29-30-31-32-33-34-36-37-39-41-43-45-47-49-51-53-55-57-59-65(80)64(63-87-75-73(86)71(84)74(67(62-79)89-75)90-76-72(85)70(83)69(82)66(61-78)88-76)77-68(81)60-58-56-54-52-50-48-46-44-42-40-38-35-28-26-24-22-20-18-16-14-12-10-8-6-4-2/h16,18,22,24,28,35,57,59,64-67,69-76,78-80,82-86H,3-15,17,19-21,23,25-27,29-34,36-56,58,60-63H2,1-2H3,(H,77,81)/b18-16-,24-22-,35-28-,59-57+. The number of rotatable bonds is 63. The minimum absolute atomic E-state index is 0.240. The lowest BCUT2D eigenvalue weighted by atomic mass is 9.97. The van der Waals surface area contributed by atoms with Crippen LogP contribution in [0.15, 0.2) is 48.6 Å². The molecule has 0 bridgehead atoms. The van der Waals surface area contributed by atoms with E-state index in [-0.39, 0.29) is 18.9 Å². The molecule has 2 heterocycles. The molecular formula is C76H141NO13. The molecule has 2 aliphatic rings. The molecule has 9 N–H and O–H groups in total. The molecule has 2 rings (SSSR count). The van der Waals surface area contributed by atoms with Gasteiger partial charge >= 0.3 is 0 Å². The zero-order chi connectivity index (χ0) is 65.2. The molecule has 1 amide bonds. The molecule has 14 heteroatoms. The van der Waals surface area contributed by atoms with Gasteiger partial charge in [0.15, 0.2) is 12.6 Å². The molecule has 2 fully saturated rings. The highest BCUT2D eigenvalue weighted by molar-refractivity contribution is 5.76. The quantitative estimate of drug-likeness (QED) is 0.0204. The number of allylic oxidation sites excluding steroid dienone is 7. The van der Waals surface area contributed by atoms with E-state index >= 15 is 0 Å². The van der Waals surface area contributed by atoms with Crippen molar-refractivity contribution < 1.29 is 64.6 Å². The van der Waals surface area contributed by atoms with Crippen molar-refractivity contribution in [3.63, 3.8) is 0 Å². The molecule has 0 radical (unpaired) electrons. The van der Waals surface area contributed by atoms with Crippen LogP contribution < -0.4 is 5.32 Å². The maximum atomic E-state index is 13.4. The number of aliphatic hydroxyl groups is 8. The molecule has 0 aromatic heterocycles. The highest BCUT2D eigenvalue weighted by Gasteiger charge is 2.51. The van der Waals surface area contributed by atoms with E-state index in [9.17, 15) is 45.6 Å². The maximum Gasteiger partial charge on any atom is 0.220 e. The molecule has 0 spiro atoms. The fourth-order valence-electron chi connectivity index (χ4n) is 12.5. The Morgan fingerprint density at radius 2 is 0.733 bits per heavy atom. The summed E-state index contributed by atoms with van der Waals surface area (Å²) in [5.74, 6) is -0.240. The van der Waals surface area contributed by atoms with E-state index in [1.165, 1.54) is 250 Å². The molecule has 0 aromatic carbocycles. The average molecular weight is 1280 g/mol. The first kappa shape index (κ1) is 84.0. The van der Waals surface area contributed by atoms with E-state index in [0.29, 0.717) is 6.42 Å². The van der Waals surface area contributed by atoms with Crippen molar-refractivity contribution in [1.29, 1.82) is 0 Å². The Hall–Kier alpha value is -2.05. The van der Waals surface area contributed by atoms with Crippen LogP contribution in [0.2, 0.25) is 0 Å². The van der Waals surface area contributed by atoms with Crippen LogP contribution in [0.3, 0.4) is 0 Å². The fraction of sp³-hybridized carbons (Fsp3) is 0.882. The Morgan fingerprint density at radius 3 is 1.12 bits per heavy atom. The third-order valence-corrected chi connectivity index (χ3v) is 18.5. The number of unbranched alkanes of at least 4 members (excludes halogenated alkanes) is 44. The summed E-state index contributed by atoms with van der Waals surface area (Å²) in [6.45, 7) is 2.83. The summed E-state index contributed by atoms with van der Waals surface area (Å²) in [6, 6.07) is -0.920. The SMILES string of the molecule is CCCCCCC/C=C\C/C=C\C/C=C\CCCCCCCCCCCCC(=O)NC(COC1OC(CO)C(OC2OC(CO)C(O)C(O)C2O)C(O)C1O)C(O)/C=C/CCCCCCCCCCCCCCCCCCCCCCCCCCCCCCC. The minimum Gasteiger partial charge on any atom is -0.394 e. The number of hydrogen-bond donors (Lipinski definition) is 9. The summed E-state index contributed by atoms with van der Waals surface area (Å²) in [7, 11) is 0. The van der Waals surface area contributed by atoms with Gasteiger partial charge in [-0.2, -0.15) is 0 Å². The maximum absolute atomic E-state index is 13.4. The van der Waals surface area contributed by atoms with Crippen LogP contribution in [-0.2, 0) is 23.7 Å². The molecule has 14 nitrogen and oxygen atoms in total. The van der Waals surface area contributed by atoms with Gasteiger partial charge in [-0.25, -0.2) is 0 Å². The van der Waals surface area contributed by atoms with E-state index in [0.717, 1.165) is 57.8 Å². The normalized spacial score (nSPS) is 23.1.